The van der Waals surface area contributed by atoms with Gasteiger partial charge in [0.15, 0.2) is 0 Å². The fraction of sp³-hybridized carbons (Fsp3) is 0.292. The molecule has 0 unspecified atom stereocenters. The first-order chi connectivity index (χ1) is 15.0. The van der Waals surface area contributed by atoms with Crippen molar-refractivity contribution < 1.29 is 23.5 Å². The first-order valence-electron chi connectivity index (χ1n) is 10.3. The van der Waals surface area contributed by atoms with Crippen molar-refractivity contribution in [1.82, 2.24) is 5.32 Å². The Hall–Kier alpha value is -3.61. The number of methoxy groups -OCH3 is 1. The quantitative estimate of drug-likeness (QED) is 0.379. The zero-order valence-electron chi connectivity index (χ0n) is 17.2. The lowest BCUT2D eigenvalue weighted by atomic mass is 9.95. The number of carbonyl (C=O) groups is 2. The van der Waals surface area contributed by atoms with Crippen molar-refractivity contribution in [2.75, 3.05) is 7.11 Å². The van der Waals surface area contributed by atoms with E-state index in [9.17, 15) is 14.4 Å². The normalized spacial score (nSPS) is 14.2. The number of hydrogen-bond acceptors (Lipinski definition) is 6. The number of nitrogens with one attached hydrogen (secondary N) is 1. The van der Waals surface area contributed by atoms with Crippen LogP contribution in [0.5, 0.6) is 11.5 Å². The van der Waals surface area contributed by atoms with E-state index in [4.69, 9.17) is 13.9 Å². The molecule has 0 atom stereocenters. The topological polar surface area (TPSA) is 94.8 Å². The molecule has 7 nitrogen and oxygen atoms in total. The molecule has 31 heavy (non-hydrogen) atoms. The minimum absolute atomic E-state index is 0.0268. The van der Waals surface area contributed by atoms with E-state index in [1.165, 1.54) is 18.6 Å². The maximum Gasteiger partial charge on any atom is 0.349 e. The Labute approximate surface area is 179 Å². The fourth-order valence-electron chi connectivity index (χ4n) is 3.72. The Balaban J connectivity index is 1.51. The average molecular weight is 421 g/mol. The Kier molecular flexibility index (Phi) is 6.02. The molecule has 1 N–H and O–H groups in total. The van der Waals surface area contributed by atoms with Gasteiger partial charge in [0.25, 0.3) is 5.91 Å². The van der Waals surface area contributed by atoms with Gasteiger partial charge in [-0.1, -0.05) is 19.3 Å². The standard InChI is InChI=1S/C24H23NO6/c1-29-18-10-7-15(8-11-18)23(27)30-19-12-9-16-13-20(24(28)31-21(16)14-19)22(26)25-17-5-3-2-4-6-17/h7-14,17H,2-6H2,1H3,(H,25,26). The van der Waals surface area contributed by atoms with Gasteiger partial charge in [-0.05, 0) is 55.3 Å². The van der Waals surface area contributed by atoms with Gasteiger partial charge in [0.1, 0.15) is 22.6 Å². The van der Waals surface area contributed by atoms with Crippen molar-refractivity contribution in [2.45, 2.75) is 38.1 Å². The fourth-order valence-corrected chi connectivity index (χ4v) is 3.72. The summed E-state index contributed by atoms with van der Waals surface area (Å²) < 4.78 is 15.8. The lowest BCUT2D eigenvalue weighted by Gasteiger charge is -2.22. The summed E-state index contributed by atoms with van der Waals surface area (Å²) in [5.74, 6) is -0.103. The van der Waals surface area contributed by atoms with Gasteiger partial charge in [0.05, 0.1) is 12.7 Å². The molecule has 1 aromatic heterocycles. The number of benzene rings is 2. The Bertz CT molecular complexity index is 1160. The van der Waals surface area contributed by atoms with Crippen molar-refractivity contribution in [2.24, 2.45) is 0 Å². The van der Waals surface area contributed by atoms with E-state index in [0.717, 1.165) is 25.7 Å². The number of amides is 1. The molecule has 3 aromatic rings. The average Bonchev–Trinajstić information content (AvgIpc) is 2.79. The summed E-state index contributed by atoms with van der Waals surface area (Å²) in [7, 11) is 1.54. The van der Waals surface area contributed by atoms with Crippen molar-refractivity contribution >= 4 is 22.8 Å². The maximum atomic E-state index is 12.5. The highest BCUT2D eigenvalue weighted by Crippen LogP contribution is 2.23. The van der Waals surface area contributed by atoms with Gasteiger partial charge in [0, 0.05) is 17.5 Å². The number of esters is 1. The predicted molar refractivity (Wildman–Crippen MR) is 115 cm³/mol. The molecule has 0 radical (unpaired) electrons. The van der Waals surface area contributed by atoms with Gasteiger partial charge in [-0.3, -0.25) is 4.79 Å². The molecule has 1 fully saturated rings. The minimum Gasteiger partial charge on any atom is -0.497 e. The lowest BCUT2D eigenvalue weighted by molar-refractivity contribution is 0.0734. The molecule has 0 spiro atoms. The van der Waals surface area contributed by atoms with E-state index >= 15 is 0 Å². The van der Waals surface area contributed by atoms with Gasteiger partial charge < -0.3 is 19.2 Å². The van der Waals surface area contributed by atoms with Crippen LogP contribution < -0.4 is 20.4 Å². The summed E-state index contributed by atoms with van der Waals surface area (Å²) in [5.41, 5.74) is -0.156. The zero-order chi connectivity index (χ0) is 21.8. The number of fused-ring (bicyclic) bond motifs is 1. The summed E-state index contributed by atoms with van der Waals surface area (Å²) in [6, 6.07) is 12.8. The monoisotopic (exact) mass is 421 g/mol. The van der Waals surface area contributed by atoms with Crippen LogP contribution in [-0.4, -0.2) is 25.0 Å². The van der Waals surface area contributed by atoms with Gasteiger partial charge >= 0.3 is 11.6 Å². The molecule has 4 rings (SSSR count). The summed E-state index contributed by atoms with van der Waals surface area (Å²) >= 11 is 0. The molecule has 1 amide bonds. The number of ether oxygens (including phenoxy) is 2. The van der Waals surface area contributed by atoms with E-state index in [1.54, 1.807) is 43.5 Å². The Morgan fingerprint density at radius 2 is 1.68 bits per heavy atom. The second-order valence-corrected chi connectivity index (χ2v) is 7.57. The molecular weight excluding hydrogens is 398 g/mol. The Morgan fingerprint density at radius 3 is 2.39 bits per heavy atom. The molecule has 7 heteroatoms. The number of hydrogen-bond donors (Lipinski definition) is 1. The molecule has 2 aromatic carbocycles. The second kappa shape index (κ2) is 9.04. The first kappa shape index (κ1) is 20.7. The highest BCUT2D eigenvalue weighted by Gasteiger charge is 2.20. The van der Waals surface area contributed by atoms with Crippen molar-refractivity contribution in [3.05, 3.63) is 70.1 Å². The molecule has 0 bridgehead atoms. The van der Waals surface area contributed by atoms with Crippen LogP contribution in [-0.2, 0) is 0 Å². The summed E-state index contributed by atoms with van der Waals surface area (Å²) in [5, 5.41) is 3.49. The molecule has 1 aliphatic rings. The summed E-state index contributed by atoms with van der Waals surface area (Å²) in [6.45, 7) is 0. The van der Waals surface area contributed by atoms with Crippen LogP contribution in [0.2, 0.25) is 0 Å². The molecule has 0 saturated heterocycles. The zero-order valence-corrected chi connectivity index (χ0v) is 17.2. The van der Waals surface area contributed by atoms with E-state index < -0.39 is 17.5 Å². The van der Waals surface area contributed by atoms with Gasteiger partial charge in [-0.2, -0.15) is 0 Å². The van der Waals surface area contributed by atoms with Gasteiger partial charge in [-0.25, -0.2) is 9.59 Å². The summed E-state index contributed by atoms with van der Waals surface area (Å²) in [6.07, 6.45) is 5.18. The summed E-state index contributed by atoms with van der Waals surface area (Å²) in [4.78, 5) is 37.3. The number of rotatable bonds is 5. The third-order valence-corrected chi connectivity index (χ3v) is 5.43. The van der Waals surface area contributed by atoms with Crippen molar-refractivity contribution in [1.29, 1.82) is 0 Å². The third kappa shape index (κ3) is 4.77. The predicted octanol–water partition coefficient (Wildman–Crippen LogP) is 4.08. The van der Waals surface area contributed by atoms with E-state index in [1.807, 2.05) is 0 Å². The molecule has 1 saturated carbocycles. The molecule has 1 heterocycles. The van der Waals surface area contributed by atoms with E-state index in [0.29, 0.717) is 16.7 Å². The van der Waals surface area contributed by atoms with Crippen LogP contribution >= 0.6 is 0 Å². The molecule has 160 valence electrons. The van der Waals surface area contributed by atoms with Crippen LogP contribution in [0, 0.1) is 0 Å². The van der Waals surface area contributed by atoms with E-state index in [2.05, 4.69) is 5.32 Å². The largest absolute Gasteiger partial charge is 0.497 e. The third-order valence-electron chi connectivity index (χ3n) is 5.43. The Morgan fingerprint density at radius 1 is 0.968 bits per heavy atom. The SMILES string of the molecule is COc1ccc(C(=O)Oc2ccc3cc(C(=O)NC4CCCCC4)c(=O)oc3c2)cc1. The molecular formula is C24H23NO6. The lowest BCUT2D eigenvalue weighted by Crippen LogP contribution is -2.38. The smallest absolute Gasteiger partial charge is 0.349 e. The highest BCUT2D eigenvalue weighted by atomic mass is 16.5. The van der Waals surface area contributed by atoms with E-state index in [-0.39, 0.29) is 22.9 Å². The van der Waals surface area contributed by atoms with Crippen LogP contribution in [0.4, 0.5) is 0 Å². The highest BCUT2D eigenvalue weighted by molar-refractivity contribution is 5.97. The maximum absolute atomic E-state index is 12.5. The van der Waals surface area contributed by atoms with Crippen molar-refractivity contribution in [3.63, 3.8) is 0 Å². The van der Waals surface area contributed by atoms with Crippen LogP contribution in [0.3, 0.4) is 0 Å². The van der Waals surface area contributed by atoms with Crippen LogP contribution in [0.25, 0.3) is 11.0 Å². The van der Waals surface area contributed by atoms with Crippen molar-refractivity contribution in [3.8, 4) is 11.5 Å². The minimum atomic E-state index is -0.723. The molecule has 1 aliphatic carbocycles. The number of carbonyl (C=O) groups excluding carboxylic acids is 2. The van der Waals surface area contributed by atoms with Gasteiger partial charge in [-0.15, -0.1) is 0 Å². The molecule has 0 aliphatic heterocycles. The van der Waals surface area contributed by atoms with Gasteiger partial charge in [0.2, 0.25) is 0 Å². The van der Waals surface area contributed by atoms with Crippen LogP contribution in [0.1, 0.15) is 52.8 Å². The first-order valence-corrected chi connectivity index (χ1v) is 10.3. The van der Waals surface area contributed by atoms with Crippen LogP contribution in [0.15, 0.2) is 57.7 Å². The second-order valence-electron chi connectivity index (χ2n) is 7.57.